The minimum atomic E-state index is -0.648. The average Bonchev–Trinajstić information content (AvgIpc) is 3.28. The van der Waals surface area contributed by atoms with Gasteiger partial charge in [0.2, 0.25) is 11.8 Å². The number of carbonyl (C=O) groups excluding carboxylic acids is 2. The molecule has 1 saturated carbocycles. The molecule has 2 aromatic rings. The highest BCUT2D eigenvalue weighted by molar-refractivity contribution is 7.12. The fourth-order valence-electron chi connectivity index (χ4n) is 2.96. The monoisotopic (exact) mass is 348 g/mol. The maximum absolute atomic E-state index is 12.6. The summed E-state index contributed by atoms with van der Waals surface area (Å²) < 4.78 is 5.08. The maximum atomic E-state index is 12.6. The number of nitrogens with zero attached hydrogens (tertiary/aromatic N) is 2. The van der Waals surface area contributed by atoms with E-state index in [4.69, 9.17) is 4.52 Å². The quantitative estimate of drug-likeness (QED) is 0.863. The lowest BCUT2D eigenvalue weighted by molar-refractivity contribution is -0.124. The third-order valence-corrected chi connectivity index (χ3v) is 5.13. The summed E-state index contributed by atoms with van der Waals surface area (Å²) in [7, 11) is 0. The number of aromatic nitrogens is 2. The summed E-state index contributed by atoms with van der Waals surface area (Å²) in [6.45, 7) is 3.40. The smallest absolute Gasteiger partial charge is 0.261 e. The van der Waals surface area contributed by atoms with Gasteiger partial charge in [0.25, 0.3) is 5.91 Å². The van der Waals surface area contributed by atoms with Crippen molar-refractivity contribution in [2.24, 2.45) is 0 Å². The highest BCUT2D eigenvalue weighted by Gasteiger charge is 2.42. The highest BCUT2D eigenvalue weighted by Crippen LogP contribution is 2.37. The summed E-state index contributed by atoms with van der Waals surface area (Å²) in [6, 6.07) is 2.88. The number of hydrogen-bond acceptors (Lipinski definition) is 6. The molecule has 0 bridgehead atoms. The van der Waals surface area contributed by atoms with Crippen LogP contribution in [0.2, 0.25) is 0 Å². The molecule has 1 aliphatic carbocycles. The molecule has 1 aliphatic rings. The van der Waals surface area contributed by atoms with E-state index in [-0.39, 0.29) is 11.8 Å². The molecule has 0 spiro atoms. The molecule has 3 rings (SSSR count). The molecule has 0 aliphatic heterocycles. The van der Waals surface area contributed by atoms with E-state index in [1.807, 2.05) is 5.38 Å². The zero-order valence-electron chi connectivity index (χ0n) is 13.7. The topological polar surface area (TPSA) is 97.1 Å². The minimum absolute atomic E-state index is 0.246. The molecule has 2 aromatic heterocycles. The second-order valence-electron chi connectivity index (χ2n) is 6.09. The second kappa shape index (κ2) is 6.72. The normalized spacial score (nSPS) is 17.4. The third kappa shape index (κ3) is 3.33. The van der Waals surface area contributed by atoms with Crippen molar-refractivity contribution in [1.29, 1.82) is 0 Å². The zero-order valence-corrected chi connectivity index (χ0v) is 14.5. The van der Waals surface area contributed by atoms with E-state index in [0.717, 1.165) is 25.7 Å². The van der Waals surface area contributed by atoms with Gasteiger partial charge in [-0.25, -0.2) is 0 Å². The van der Waals surface area contributed by atoms with Crippen LogP contribution in [0.5, 0.6) is 0 Å². The van der Waals surface area contributed by atoms with Gasteiger partial charge in [0.05, 0.1) is 4.88 Å². The first kappa shape index (κ1) is 16.6. The van der Waals surface area contributed by atoms with E-state index >= 15 is 0 Å². The van der Waals surface area contributed by atoms with Crippen molar-refractivity contribution in [1.82, 2.24) is 20.8 Å². The fourth-order valence-corrected chi connectivity index (χ4v) is 3.59. The van der Waals surface area contributed by atoms with E-state index < -0.39 is 11.6 Å². The van der Waals surface area contributed by atoms with E-state index in [1.165, 1.54) is 11.3 Å². The number of hydrogen-bond donors (Lipinski definition) is 2. The van der Waals surface area contributed by atoms with Crippen molar-refractivity contribution in [2.75, 3.05) is 0 Å². The summed E-state index contributed by atoms with van der Waals surface area (Å²) >= 11 is 1.34. The number of nitrogens with one attached hydrogen (secondary N) is 2. The molecule has 0 radical (unpaired) electrons. The number of thiophene rings is 1. The third-order valence-electron chi connectivity index (χ3n) is 4.26. The van der Waals surface area contributed by atoms with Crippen LogP contribution in [0.15, 0.2) is 22.0 Å². The van der Waals surface area contributed by atoms with Gasteiger partial charge in [-0.2, -0.15) is 4.98 Å². The molecule has 7 nitrogen and oxygen atoms in total. The molecule has 2 amide bonds. The molecule has 2 N–H and O–H groups in total. The van der Waals surface area contributed by atoms with Gasteiger partial charge in [0, 0.05) is 6.92 Å². The predicted octanol–water partition coefficient (Wildman–Crippen LogP) is 2.14. The first-order valence-electron chi connectivity index (χ1n) is 7.97. The Labute approximate surface area is 143 Å². The SMILES string of the molecule is Cc1nc(C2(NC(=O)C(C)NC(=O)c3cccs3)CCCC2)no1. The summed E-state index contributed by atoms with van der Waals surface area (Å²) in [4.78, 5) is 29.6. The van der Waals surface area contributed by atoms with Crippen LogP contribution in [0.4, 0.5) is 0 Å². The lowest BCUT2D eigenvalue weighted by atomic mass is 9.96. The standard InChI is InChI=1S/C16H20N4O3S/c1-10(17-14(22)12-6-5-9-24-12)13(21)19-16(7-3-4-8-16)15-18-11(2)23-20-15/h5-6,9-10H,3-4,7-8H2,1-2H3,(H,17,22)(H,19,21). The van der Waals surface area contributed by atoms with Gasteiger partial charge in [-0.15, -0.1) is 11.3 Å². The molecule has 1 atom stereocenters. The van der Waals surface area contributed by atoms with Crippen LogP contribution in [0.1, 0.15) is 54.0 Å². The van der Waals surface area contributed by atoms with Crippen LogP contribution in [0, 0.1) is 6.92 Å². The van der Waals surface area contributed by atoms with Crippen molar-refractivity contribution in [3.05, 3.63) is 34.1 Å². The van der Waals surface area contributed by atoms with Crippen LogP contribution in [-0.2, 0) is 10.3 Å². The van der Waals surface area contributed by atoms with Gasteiger partial charge in [-0.3, -0.25) is 9.59 Å². The van der Waals surface area contributed by atoms with Gasteiger partial charge in [-0.05, 0) is 31.2 Å². The molecule has 8 heteroatoms. The summed E-state index contributed by atoms with van der Waals surface area (Å²) in [5.41, 5.74) is -0.600. The van der Waals surface area contributed by atoms with Crippen molar-refractivity contribution >= 4 is 23.2 Å². The Morgan fingerprint density at radius 2 is 2.12 bits per heavy atom. The van der Waals surface area contributed by atoms with Gasteiger partial charge < -0.3 is 15.2 Å². The minimum Gasteiger partial charge on any atom is -0.341 e. The van der Waals surface area contributed by atoms with Crippen molar-refractivity contribution in [3.63, 3.8) is 0 Å². The van der Waals surface area contributed by atoms with Crippen molar-refractivity contribution in [2.45, 2.75) is 51.1 Å². The summed E-state index contributed by atoms with van der Waals surface area (Å²) in [5, 5.41) is 11.6. The van der Waals surface area contributed by atoms with Crippen LogP contribution in [0.3, 0.4) is 0 Å². The largest absolute Gasteiger partial charge is 0.341 e. The first-order valence-corrected chi connectivity index (χ1v) is 8.85. The van der Waals surface area contributed by atoms with Crippen LogP contribution >= 0.6 is 11.3 Å². The van der Waals surface area contributed by atoms with Gasteiger partial charge >= 0.3 is 0 Å². The molecule has 128 valence electrons. The van der Waals surface area contributed by atoms with Crippen molar-refractivity contribution < 1.29 is 14.1 Å². The molecular weight excluding hydrogens is 328 g/mol. The highest BCUT2D eigenvalue weighted by atomic mass is 32.1. The summed E-state index contributed by atoms with van der Waals surface area (Å²) in [6.07, 6.45) is 3.51. The van der Waals surface area contributed by atoms with E-state index in [1.54, 1.807) is 26.0 Å². The molecule has 0 aromatic carbocycles. The van der Waals surface area contributed by atoms with Gasteiger partial charge in [0.15, 0.2) is 5.82 Å². The Bertz CT molecular complexity index is 720. The Morgan fingerprint density at radius 3 is 2.71 bits per heavy atom. The Morgan fingerprint density at radius 1 is 1.38 bits per heavy atom. The number of amides is 2. The van der Waals surface area contributed by atoms with Crippen molar-refractivity contribution in [3.8, 4) is 0 Å². The lowest BCUT2D eigenvalue weighted by Gasteiger charge is -2.28. The van der Waals surface area contributed by atoms with Crippen LogP contribution in [0.25, 0.3) is 0 Å². The van der Waals surface area contributed by atoms with E-state index in [9.17, 15) is 9.59 Å². The van der Waals surface area contributed by atoms with Gasteiger partial charge in [-0.1, -0.05) is 24.1 Å². The predicted molar refractivity (Wildman–Crippen MR) is 88.6 cm³/mol. The maximum Gasteiger partial charge on any atom is 0.261 e. The first-order chi connectivity index (χ1) is 11.5. The van der Waals surface area contributed by atoms with Gasteiger partial charge in [0.1, 0.15) is 11.6 Å². The van der Waals surface area contributed by atoms with E-state index in [0.29, 0.717) is 16.6 Å². The molecule has 1 fully saturated rings. The molecular formula is C16H20N4O3S. The lowest BCUT2D eigenvalue weighted by Crippen LogP contribution is -2.52. The number of aryl methyl sites for hydroxylation is 1. The Kier molecular flexibility index (Phi) is 4.66. The number of carbonyl (C=O) groups is 2. The molecule has 24 heavy (non-hydrogen) atoms. The Balaban J connectivity index is 1.68. The second-order valence-corrected chi connectivity index (χ2v) is 7.04. The molecule has 1 unspecified atom stereocenters. The Hall–Kier alpha value is -2.22. The van der Waals surface area contributed by atoms with Crippen LogP contribution < -0.4 is 10.6 Å². The van der Waals surface area contributed by atoms with Crippen LogP contribution in [-0.4, -0.2) is 28.0 Å². The number of rotatable bonds is 5. The zero-order chi connectivity index (χ0) is 17.2. The molecule has 2 heterocycles. The fraction of sp³-hybridized carbons (Fsp3) is 0.500. The average molecular weight is 348 g/mol. The van der Waals surface area contributed by atoms with E-state index in [2.05, 4.69) is 20.8 Å². The summed E-state index contributed by atoms with van der Waals surface area (Å²) in [5.74, 6) is 0.500. The molecule has 0 saturated heterocycles.